The number of halogens is 1. The molecule has 1 atom stereocenters. The minimum atomic E-state index is 0. The maximum atomic E-state index is 5.86. The van der Waals surface area contributed by atoms with Crippen molar-refractivity contribution < 1.29 is 9.15 Å². The lowest BCUT2D eigenvalue weighted by molar-refractivity contribution is 0.150. The van der Waals surface area contributed by atoms with Gasteiger partial charge in [0.15, 0.2) is 5.96 Å². The number of hydrogen-bond acceptors (Lipinski definition) is 4. The number of aliphatic imine (C=N–C) groups is 1. The van der Waals surface area contributed by atoms with E-state index >= 15 is 0 Å². The van der Waals surface area contributed by atoms with Crippen LogP contribution in [0.1, 0.15) is 62.3 Å². The van der Waals surface area contributed by atoms with Crippen molar-refractivity contribution in [3.63, 3.8) is 0 Å². The summed E-state index contributed by atoms with van der Waals surface area (Å²) in [5, 5.41) is 7.49. The first-order chi connectivity index (χ1) is 15.8. The summed E-state index contributed by atoms with van der Waals surface area (Å²) in [6, 6.07) is 13.8. The van der Waals surface area contributed by atoms with Crippen molar-refractivity contribution in [3.8, 4) is 5.75 Å². The molecule has 2 aliphatic heterocycles. The number of nitrogens with one attached hydrogen (secondary N) is 2. The molecule has 1 saturated carbocycles. The van der Waals surface area contributed by atoms with Gasteiger partial charge in [-0.05, 0) is 43.9 Å². The largest absolute Gasteiger partial charge is 0.493 e. The summed E-state index contributed by atoms with van der Waals surface area (Å²) in [7, 11) is 0. The number of nitrogens with zero attached hydrogens (tertiary/aromatic N) is 2. The first-order valence-electron chi connectivity index (χ1n) is 12.4. The number of furan rings is 1. The second kappa shape index (κ2) is 12.1. The highest BCUT2D eigenvalue weighted by atomic mass is 127. The van der Waals surface area contributed by atoms with Crippen molar-refractivity contribution in [2.24, 2.45) is 4.99 Å². The number of guanidine groups is 1. The van der Waals surface area contributed by atoms with Gasteiger partial charge in [0.25, 0.3) is 0 Å². The third kappa shape index (κ3) is 6.44. The zero-order valence-electron chi connectivity index (χ0n) is 19.4. The predicted octanol–water partition coefficient (Wildman–Crippen LogP) is 4.91. The summed E-state index contributed by atoms with van der Waals surface area (Å²) in [5.41, 5.74) is 1.22. The Kier molecular flexibility index (Phi) is 8.95. The van der Waals surface area contributed by atoms with Gasteiger partial charge in [-0.25, -0.2) is 0 Å². The number of piperidine rings is 1. The van der Waals surface area contributed by atoms with Crippen molar-refractivity contribution >= 4 is 29.9 Å². The average molecular weight is 565 g/mol. The quantitative estimate of drug-likeness (QED) is 0.297. The lowest BCUT2D eigenvalue weighted by atomic mass is 10.0. The van der Waals surface area contributed by atoms with Crippen LogP contribution in [0.3, 0.4) is 0 Å². The second-order valence-electron chi connectivity index (χ2n) is 9.32. The number of para-hydroxylation sites is 1. The summed E-state index contributed by atoms with van der Waals surface area (Å²) in [6.45, 7) is 3.83. The van der Waals surface area contributed by atoms with Gasteiger partial charge in [-0.3, -0.25) is 4.99 Å². The van der Waals surface area contributed by atoms with Gasteiger partial charge in [0.05, 0.1) is 18.9 Å². The number of hydrogen-bond donors (Lipinski definition) is 2. The highest BCUT2D eigenvalue weighted by molar-refractivity contribution is 14.0. The van der Waals surface area contributed by atoms with E-state index < -0.39 is 0 Å². The van der Waals surface area contributed by atoms with Crippen LogP contribution in [-0.4, -0.2) is 49.2 Å². The Labute approximate surface area is 214 Å². The summed E-state index contributed by atoms with van der Waals surface area (Å²) in [5.74, 6) is 2.88. The van der Waals surface area contributed by atoms with E-state index in [2.05, 4.69) is 33.7 Å². The molecule has 0 bridgehead atoms. The van der Waals surface area contributed by atoms with Crippen molar-refractivity contribution in [1.82, 2.24) is 15.5 Å². The molecule has 180 valence electrons. The molecule has 2 N–H and O–H groups in total. The van der Waals surface area contributed by atoms with E-state index in [1.54, 1.807) is 6.26 Å². The molecule has 1 saturated heterocycles. The number of benzene rings is 1. The zero-order valence-corrected chi connectivity index (χ0v) is 21.7. The summed E-state index contributed by atoms with van der Waals surface area (Å²) in [6.07, 6.45) is 11.4. The smallest absolute Gasteiger partial charge is 0.191 e. The van der Waals surface area contributed by atoms with Gasteiger partial charge < -0.3 is 24.7 Å². The Balaban J connectivity index is 0.00000259. The SMILES string of the molecule is I.c1coc(CCN=C(NC2CCN(C3CCCC3)CC2)NC2CCOc3ccccc32)c1. The standard InChI is InChI=1S/C26H36N4O2.HI/c1-2-7-21(6-1)30-16-12-20(13-17-30)28-26(27-15-11-22-8-5-18-31-22)29-24-14-19-32-25-10-4-3-9-23(24)25;/h3-5,8-10,18,20-21,24H,1-2,6-7,11-17,19H2,(H2,27,28,29);1H. The molecule has 2 aromatic rings. The third-order valence-corrected chi connectivity index (χ3v) is 7.19. The highest BCUT2D eigenvalue weighted by Crippen LogP contribution is 2.31. The summed E-state index contributed by atoms with van der Waals surface area (Å²) >= 11 is 0. The Hall–Kier alpha value is -1.74. The van der Waals surface area contributed by atoms with E-state index in [4.69, 9.17) is 14.1 Å². The van der Waals surface area contributed by atoms with E-state index in [1.807, 2.05) is 18.2 Å². The molecule has 6 nitrogen and oxygen atoms in total. The Morgan fingerprint density at radius 2 is 1.79 bits per heavy atom. The van der Waals surface area contributed by atoms with E-state index in [1.165, 1.54) is 57.2 Å². The van der Waals surface area contributed by atoms with Gasteiger partial charge in [0.2, 0.25) is 0 Å². The normalized spacial score (nSPS) is 22.3. The molecule has 5 rings (SSSR count). The number of fused-ring (bicyclic) bond motifs is 1. The fourth-order valence-corrected chi connectivity index (χ4v) is 5.39. The molecule has 7 heteroatoms. The van der Waals surface area contributed by atoms with Crippen LogP contribution in [0.25, 0.3) is 0 Å². The van der Waals surface area contributed by atoms with Crippen molar-refractivity contribution in [1.29, 1.82) is 0 Å². The lowest BCUT2D eigenvalue weighted by Gasteiger charge is -2.37. The molecule has 1 aliphatic carbocycles. The monoisotopic (exact) mass is 564 g/mol. The first kappa shape index (κ1) is 24.4. The molecule has 0 spiro atoms. The molecule has 33 heavy (non-hydrogen) atoms. The molecule has 2 fully saturated rings. The highest BCUT2D eigenvalue weighted by Gasteiger charge is 2.28. The van der Waals surface area contributed by atoms with Gasteiger partial charge in [-0.1, -0.05) is 31.0 Å². The van der Waals surface area contributed by atoms with Crippen LogP contribution in [0.5, 0.6) is 5.75 Å². The Bertz CT molecular complexity index is 874. The molecular formula is C26H37IN4O2. The molecule has 1 unspecified atom stereocenters. The Morgan fingerprint density at radius 3 is 2.58 bits per heavy atom. The predicted molar refractivity (Wildman–Crippen MR) is 143 cm³/mol. The maximum absolute atomic E-state index is 5.86. The van der Waals surface area contributed by atoms with Crippen molar-refractivity contribution in [2.45, 2.75) is 69.5 Å². The fourth-order valence-electron chi connectivity index (χ4n) is 5.39. The number of rotatable bonds is 6. The third-order valence-electron chi connectivity index (χ3n) is 7.19. The van der Waals surface area contributed by atoms with Gasteiger partial charge >= 0.3 is 0 Å². The van der Waals surface area contributed by atoms with Crippen LogP contribution in [0.4, 0.5) is 0 Å². The van der Waals surface area contributed by atoms with Gasteiger partial charge in [0.1, 0.15) is 11.5 Å². The number of ether oxygens (including phenoxy) is 1. The summed E-state index contributed by atoms with van der Waals surface area (Å²) in [4.78, 5) is 7.66. The first-order valence-corrected chi connectivity index (χ1v) is 12.4. The molecule has 0 radical (unpaired) electrons. The van der Waals surface area contributed by atoms with E-state index in [-0.39, 0.29) is 30.0 Å². The van der Waals surface area contributed by atoms with Crippen LogP contribution >= 0.6 is 24.0 Å². The van der Waals surface area contributed by atoms with Crippen molar-refractivity contribution in [3.05, 3.63) is 54.0 Å². The molecular weight excluding hydrogens is 527 g/mol. The van der Waals surface area contributed by atoms with E-state index in [0.29, 0.717) is 12.6 Å². The van der Waals surface area contributed by atoms with Gasteiger partial charge in [-0.15, -0.1) is 24.0 Å². The second-order valence-corrected chi connectivity index (χ2v) is 9.32. The van der Waals surface area contributed by atoms with E-state index in [0.717, 1.165) is 43.0 Å². The van der Waals surface area contributed by atoms with Crippen LogP contribution in [0.2, 0.25) is 0 Å². The van der Waals surface area contributed by atoms with Crippen LogP contribution < -0.4 is 15.4 Å². The molecule has 1 aromatic carbocycles. The molecule has 0 amide bonds. The van der Waals surface area contributed by atoms with E-state index in [9.17, 15) is 0 Å². The maximum Gasteiger partial charge on any atom is 0.191 e. The lowest BCUT2D eigenvalue weighted by Crippen LogP contribution is -2.51. The van der Waals surface area contributed by atoms with Gasteiger partial charge in [-0.2, -0.15) is 0 Å². The molecule has 1 aromatic heterocycles. The van der Waals surface area contributed by atoms with Gasteiger partial charge in [0, 0.05) is 50.1 Å². The number of likely N-dealkylation sites (tertiary alicyclic amines) is 1. The fraction of sp³-hybridized carbons (Fsp3) is 0.577. The zero-order chi connectivity index (χ0) is 21.6. The topological polar surface area (TPSA) is 62.0 Å². The van der Waals surface area contributed by atoms with Crippen LogP contribution in [0.15, 0.2) is 52.1 Å². The minimum absolute atomic E-state index is 0. The molecule has 3 aliphatic rings. The average Bonchev–Trinajstić information content (AvgIpc) is 3.55. The van der Waals surface area contributed by atoms with Crippen molar-refractivity contribution in [2.75, 3.05) is 26.2 Å². The summed E-state index contributed by atoms with van der Waals surface area (Å²) < 4.78 is 11.3. The van der Waals surface area contributed by atoms with Crippen LogP contribution in [0, 0.1) is 0 Å². The van der Waals surface area contributed by atoms with Crippen LogP contribution in [-0.2, 0) is 6.42 Å². The Morgan fingerprint density at radius 1 is 0.970 bits per heavy atom. The molecule has 3 heterocycles. The minimum Gasteiger partial charge on any atom is -0.493 e.